The molecule has 0 saturated heterocycles. The first-order chi connectivity index (χ1) is 19.8. The molecule has 188 valence electrons. The van der Waals surface area contributed by atoms with E-state index in [1.54, 1.807) is 0 Å². The van der Waals surface area contributed by atoms with E-state index in [2.05, 4.69) is 157 Å². The first-order valence-electron chi connectivity index (χ1n) is 13.6. The standard InChI is InChI=1S/C38H25NO/c1-3-11-26(12-4-1)27-19-22-30(23-20-27)39(29-14-5-2-6-15-29)34-25-36-38(33-18-10-9-17-32(33)34)37-31-16-8-7-13-28(31)21-24-35(37)40-36/h1-25H. The van der Waals surface area contributed by atoms with Gasteiger partial charge in [0, 0.05) is 33.6 Å². The molecule has 0 fully saturated rings. The van der Waals surface area contributed by atoms with E-state index in [0.717, 1.165) is 28.2 Å². The maximum absolute atomic E-state index is 6.58. The Morgan fingerprint density at radius 1 is 0.400 bits per heavy atom. The Bertz CT molecular complexity index is 2140. The molecule has 0 atom stereocenters. The van der Waals surface area contributed by atoms with Crippen LogP contribution in [0.2, 0.25) is 0 Å². The monoisotopic (exact) mass is 511 g/mol. The van der Waals surface area contributed by atoms with E-state index in [4.69, 9.17) is 4.42 Å². The van der Waals surface area contributed by atoms with Crippen LogP contribution in [0, 0.1) is 0 Å². The molecule has 7 aromatic carbocycles. The van der Waals surface area contributed by atoms with E-state index in [0.29, 0.717) is 0 Å². The van der Waals surface area contributed by atoms with E-state index >= 15 is 0 Å². The number of hydrogen-bond donors (Lipinski definition) is 0. The van der Waals surface area contributed by atoms with Crippen molar-refractivity contribution in [2.45, 2.75) is 0 Å². The normalized spacial score (nSPS) is 11.5. The average molecular weight is 512 g/mol. The van der Waals surface area contributed by atoms with Crippen molar-refractivity contribution in [3.05, 3.63) is 152 Å². The van der Waals surface area contributed by atoms with Crippen LogP contribution in [0.4, 0.5) is 17.1 Å². The fourth-order valence-electron chi connectivity index (χ4n) is 6.01. The first-order valence-corrected chi connectivity index (χ1v) is 13.6. The van der Waals surface area contributed by atoms with E-state index in [1.165, 1.54) is 43.4 Å². The lowest BCUT2D eigenvalue weighted by Crippen LogP contribution is -2.10. The molecule has 0 bridgehead atoms. The zero-order valence-electron chi connectivity index (χ0n) is 21.8. The van der Waals surface area contributed by atoms with Crippen molar-refractivity contribution in [2.75, 3.05) is 4.90 Å². The van der Waals surface area contributed by atoms with Gasteiger partial charge in [0.2, 0.25) is 0 Å². The summed E-state index contributed by atoms with van der Waals surface area (Å²) in [4.78, 5) is 2.34. The third-order valence-electron chi connectivity index (χ3n) is 7.84. The van der Waals surface area contributed by atoms with Gasteiger partial charge in [0.25, 0.3) is 0 Å². The van der Waals surface area contributed by atoms with Gasteiger partial charge in [0.05, 0.1) is 5.69 Å². The molecule has 0 N–H and O–H groups in total. The van der Waals surface area contributed by atoms with Crippen molar-refractivity contribution in [2.24, 2.45) is 0 Å². The molecule has 0 radical (unpaired) electrons. The van der Waals surface area contributed by atoms with Gasteiger partial charge in [0.15, 0.2) is 0 Å². The molecule has 0 saturated carbocycles. The second-order valence-electron chi connectivity index (χ2n) is 10.2. The van der Waals surface area contributed by atoms with E-state index < -0.39 is 0 Å². The second-order valence-corrected chi connectivity index (χ2v) is 10.2. The van der Waals surface area contributed by atoms with Gasteiger partial charge in [-0.2, -0.15) is 0 Å². The van der Waals surface area contributed by atoms with Gasteiger partial charge in [-0.25, -0.2) is 0 Å². The van der Waals surface area contributed by atoms with Crippen LogP contribution in [-0.2, 0) is 0 Å². The number of hydrogen-bond acceptors (Lipinski definition) is 2. The third kappa shape index (κ3) is 3.58. The number of anilines is 3. The van der Waals surface area contributed by atoms with Gasteiger partial charge in [-0.1, -0.05) is 115 Å². The molecule has 0 aliphatic carbocycles. The smallest absolute Gasteiger partial charge is 0.138 e. The lowest BCUT2D eigenvalue weighted by atomic mass is 9.98. The van der Waals surface area contributed by atoms with Crippen LogP contribution in [0.1, 0.15) is 0 Å². The molecule has 0 aliphatic rings. The zero-order chi connectivity index (χ0) is 26.5. The number of para-hydroxylation sites is 1. The molecule has 0 spiro atoms. The van der Waals surface area contributed by atoms with Crippen molar-refractivity contribution in [1.82, 2.24) is 0 Å². The minimum Gasteiger partial charge on any atom is -0.456 e. The first kappa shape index (κ1) is 22.6. The molecule has 2 nitrogen and oxygen atoms in total. The van der Waals surface area contributed by atoms with Crippen LogP contribution in [0.15, 0.2) is 156 Å². The summed E-state index contributed by atoms with van der Waals surface area (Å²) in [6.07, 6.45) is 0. The topological polar surface area (TPSA) is 16.4 Å². The Kier molecular flexibility index (Phi) is 5.17. The molecule has 2 heteroatoms. The van der Waals surface area contributed by atoms with Gasteiger partial charge >= 0.3 is 0 Å². The molecule has 1 heterocycles. The van der Waals surface area contributed by atoms with Gasteiger partial charge in [0.1, 0.15) is 11.2 Å². The Morgan fingerprint density at radius 3 is 1.75 bits per heavy atom. The van der Waals surface area contributed by atoms with Gasteiger partial charge in [-0.3, -0.25) is 0 Å². The van der Waals surface area contributed by atoms with Gasteiger partial charge in [-0.15, -0.1) is 0 Å². The SMILES string of the molecule is c1ccc(-c2ccc(N(c3ccccc3)c3cc4oc5ccc6ccccc6c5c4c4ccccc34)cc2)cc1. The summed E-state index contributed by atoms with van der Waals surface area (Å²) in [6, 6.07) is 53.6. The molecule has 0 aliphatic heterocycles. The predicted octanol–water partition coefficient (Wildman–Crippen LogP) is 11.0. The predicted molar refractivity (Wildman–Crippen MR) is 169 cm³/mol. The van der Waals surface area contributed by atoms with E-state index in [1.807, 2.05) is 0 Å². The highest BCUT2D eigenvalue weighted by Gasteiger charge is 2.21. The van der Waals surface area contributed by atoms with Gasteiger partial charge in [-0.05, 0) is 57.6 Å². The Balaban J connectivity index is 1.41. The molecule has 0 amide bonds. The third-order valence-corrected chi connectivity index (χ3v) is 7.84. The fourth-order valence-corrected chi connectivity index (χ4v) is 6.01. The lowest BCUT2D eigenvalue weighted by Gasteiger charge is -2.27. The van der Waals surface area contributed by atoms with Crippen LogP contribution in [0.3, 0.4) is 0 Å². The number of furan rings is 1. The van der Waals surface area contributed by atoms with Crippen LogP contribution < -0.4 is 4.90 Å². The van der Waals surface area contributed by atoms with Crippen LogP contribution in [-0.4, -0.2) is 0 Å². The maximum atomic E-state index is 6.58. The quantitative estimate of drug-likeness (QED) is 0.234. The van der Waals surface area contributed by atoms with Crippen molar-refractivity contribution < 1.29 is 4.42 Å². The van der Waals surface area contributed by atoms with Crippen molar-refractivity contribution >= 4 is 60.5 Å². The molecular weight excluding hydrogens is 486 g/mol. The number of fused-ring (bicyclic) bond motifs is 7. The molecule has 40 heavy (non-hydrogen) atoms. The molecule has 8 rings (SSSR count). The maximum Gasteiger partial charge on any atom is 0.138 e. The fraction of sp³-hybridized carbons (Fsp3) is 0. The molecule has 1 aromatic heterocycles. The van der Waals surface area contributed by atoms with Crippen LogP contribution >= 0.6 is 0 Å². The Hall–Kier alpha value is -5.34. The molecule has 8 aromatic rings. The van der Waals surface area contributed by atoms with E-state index in [-0.39, 0.29) is 0 Å². The molecular formula is C38H25NO. The largest absolute Gasteiger partial charge is 0.456 e. The zero-order valence-corrected chi connectivity index (χ0v) is 21.8. The summed E-state index contributed by atoms with van der Waals surface area (Å²) < 4.78 is 6.58. The minimum atomic E-state index is 0.891. The summed E-state index contributed by atoms with van der Waals surface area (Å²) >= 11 is 0. The summed E-state index contributed by atoms with van der Waals surface area (Å²) in [5, 5.41) is 7.14. The van der Waals surface area contributed by atoms with Crippen molar-refractivity contribution in [1.29, 1.82) is 0 Å². The summed E-state index contributed by atoms with van der Waals surface area (Å²) in [5.41, 5.74) is 7.49. The lowest BCUT2D eigenvalue weighted by molar-refractivity contribution is 0.669. The minimum absolute atomic E-state index is 0.891. The van der Waals surface area contributed by atoms with E-state index in [9.17, 15) is 0 Å². The van der Waals surface area contributed by atoms with Crippen LogP contribution in [0.5, 0.6) is 0 Å². The summed E-state index contributed by atoms with van der Waals surface area (Å²) in [7, 11) is 0. The highest BCUT2D eigenvalue weighted by molar-refractivity contribution is 6.28. The van der Waals surface area contributed by atoms with Gasteiger partial charge < -0.3 is 9.32 Å². The Labute approximate surface area is 232 Å². The second kappa shape index (κ2) is 9.14. The number of benzene rings is 7. The number of nitrogens with zero attached hydrogens (tertiary/aromatic N) is 1. The van der Waals surface area contributed by atoms with Crippen molar-refractivity contribution in [3.8, 4) is 11.1 Å². The summed E-state index contributed by atoms with van der Waals surface area (Å²) in [5.74, 6) is 0. The van der Waals surface area contributed by atoms with Crippen molar-refractivity contribution in [3.63, 3.8) is 0 Å². The van der Waals surface area contributed by atoms with Crippen LogP contribution in [0.25, 0.3) is 54.6 Å². The highest BCUT2D eigenvalue weighted by atomic mass is 16.3. The molecule has 0 unspecified atom stereocenters. The summed E-state index contributed by atoms with van der Waals surface area (Å²) in [6.45, 7) is 0. The Morgan fingerprint density at radius 2 is 0.975 bits per heavy atom. The number of rotatable bonds is 4. The highest BCUT2D eigenvalue weighted by Crippen LogP contribution is 2.45. The average Bonchev–Trinajstić information content (AvgIpc) is 3.42.